The number of hydrogen-bond donors (Lipinski definition) is 0. The Bertz CT molecular complexity index is 685. The van der Waals surface area contributed by atoms with Crippen LogP contribution < -0.4 is 0 Å². The number of aryl methyl sites for hydroxylation is 1. The van der Waals surface area contributed by atoms with Crippen LogP contribution in [0.15, 0.2) is 12.5 Å². The maximum Gasteiger partial charge on any atom is 0.278 e. The van der Waals surface area contributed by atoms with Crippen LogP contribution in [-0.4, -0.2) is 24.7 Å². The Balaban J connectivity index is 2.39. The fourth-order valence-electron chi connectivity index (χ4n) is 1.78. The molecule has 0 aliphatic carbocycles. The van der Waals surface area contributed by atoms with Crippen molar-refractivity contribution in [1.29, 1.82) is 5.26 Å². The lowest BCUT2D eigenvalue weighted by molar-refractivity contribution is -0.386. The average Bonchev–Trinajstić information content (AvgIpc) is 2.80. The first kappa shape index (κ1) is 12.6. The van der Waals surface area contributed by atoms with Crippen molar-refractivity contribution in [2.75, 3.05) is 0 Å². The van der Waals surface area contributed by atoms with Crippen molar-refractivity contribution in [3.8, 4) is 6.07 Å². The van der Waals surface area contributed by atoms with Crippen LogP contribution in [0.2, 0.25) is 0 Å². The molecular formula is C11H10N6O2. The molecule has 19 heavy (non-hydrogen) atoms. The van der Waals surface area contributed by atoms with Gasteiger partial charge in [-0.15, -0.1) is 5.10 Å². The second-order valence-electron chi connectivity index (χ2n) is 4.00. The molecule has 2 rings (SSSR count). The molecule has 0 radical (unpaired) electrons. The largest absolute Gasteiger partial charge is 0.278 e. The quantitative estimate of drug-likeness (QED) is 0.602. The molecule has 2 aromatic heterocycles. The van der Waals surface area contributed by atoms with E-state index in [1.807, 2.05) is 6.07 Å². The van der Waals surface area contributed by atoms with Crippen molar-refractivity contribution in [3.05, 3.63) is 45.3 Å². The molecule has 2 aromatic rings. The van der Waals surface area contributed by atoms with Gasteiger partial charge in [0.1, 0.15) is 12.4 Å². The number of hydrogen-bond acceptors (Lipinski definition) is 6. The van der Waals surface area contributed by atoms with E-state index in [4.69, 9.17) is 5.26 Å². The van der Waals surface area contributed by atoms with Crippen molar-refractivity contribution in [3.63, 3.8) is 0 Å². The molecule has 0 bridgehead atoms. The van der Waals surface area contributed by atoms with Crippen LogP contribution in [0, 0.1) is 35.3 Å². The number of nitrogens with zero attached hydrogens (tertiary/aromatic N) is 6. The zero-order valence-corrected chi connectivity index (χ0v) is 10.4. The van der Waals surface area contributed by atoms with E-state index in [1.54, 1.807) is 13.8 Å². The SMILES string of the molecule is Cc1cnc(Cn2cnc(C#N)n2)c(C)c1[N+](=O)[O-]. The molecule has 0 spiro atoms. The van der Waals surface area contributed by atoms with E-state index in [2.05, 4.69) is 15.1 Å². The van der Waals surface area contributed by atoms with Gasteiger partial charge in [-0.1, -0.05) is 0 Å². The Morgan fingerprint density at radius 3 is 2.79 bits per heavy atom. The molecule has 0 saturated carbocycles. The van der Waals surface area contributed by atoms with E-state index in [-0.39, 0.29) is 18.1 Å². The van der Waals surface area contributed by atoms with Gasteiger partial charge < -0.3 is 0 Å². The molecule has 0 N–H and O–H groups in total. The second kappa shape index (κ2) is 4.81. The minimum Gasteiger partial charge on any atom is -0.258 e. The topological polar surface area (TPSA) is 111 Å². The molecule has 0 aromatic carbocycles. The monoisotopic (exact) mass is 258 g/mol. The number of rotatable bonds is 3. The zero-order valence-electron chi connectivity index (χ0n) is 10.4. The van der Waals surface area contributed by atoms with Gasteiger partial charge in [0.05, 0.1) is 22.7 Å². The number of nitro groups is 1. The summed E-state index contributed by atoms with van der Waals surface area (Å²) in [4.78, 5) is 18.5. The minimum atomic E-state index is -0.419. The number of aromatic nitrogens is 4. The van der Waals surface area contributed by atoms with Gasteiger partial charge in [0.15, 0.2) is 0 Å². The molecule has 8 nitrogen and oxygen atoms in total. The highest BCUT2D eigenvalue weighted by molar-refractivity contribution is 5.47. The van der Waals surface area contributed by atoms with Gasteiger partial charge in [-0.05, 0) is 13.8 Å². The summed E-state index contributed by atoms with van der Waals surface area (Å²) in [6.45, 7) is 3.53. The highest BCUT2D eigenvalue weighted by Crippen LogP contribution is 2.24. The van der Waals surface area contributed by atoms with Crippen LogP contribution in [0.4, 0.5) is 5.69 Å². The van der Waals surface area contributed by atoms with Crippen LogP contribution in [0.5, 0.6) is 0 Å². The third-order valence-corrected chi connectivity index (χ3v) is 2.71. The van der Waals surface area contributed by atoms with Crippen LogP contribution in [0.1, 0.15) is 22.6 Å². The molecule has 0 fully saturated rings. The summed E-state index contributed by atoms with van der Waals surface area (Å²) in [5.74, 6) is 0.0549. The van der Waals surface area contributed by atoms with Crippen LogP contribution in [0.25, 0.3) is 0 Å². The standard InChI is InChI=1S/C11H10N6O2/c1-7-4-13-9(8(2)11(7)17(18)19)5-16-6-14-10(3-12)15-16/h4,6H,5H2,1-2H3. The summed E-state index contributed by atoms with van der Waals surface area (Å²) < 4.78 is 1.42. The first-order valence-electron chi connectivity index (χ1n) is 5.42. The normalized spacial score (nSPS) is 10.2. The summed E-state index contributed by atoms with van der Waals surface area (Å²) >= 11 is 0. The van der Waals surface area contributed by atoms with Crippen LogP contribution in [-0.2, 0) is 6.54 Å². The summed E-state index contributed by atoms with van der Waals surface area (Å²) in [6.07, 6.45) is 2.86. The molecule has 2 heterocycles. The van der Waals surface area contributed by atoms with Gasteiger partial charge in [0.2, 0.25) is 0 Å². The third-order valence-electron chi connectivity index (χ3n) is 2.71. The van der Waals surface area contributed by atoms with Crippen molar-refractivity contribution < 1.29 is 4.92 Å². The van der Waals surface area contributed by atoms with Gasteiger partial charge in [-0.25, -0.2) is 9.67 Å². The third kappa shape index (κ3) is 2.40. The van der Waals surface area contributed by atoms with Gasteiger partial charge in [-0.3, -0.25) is 15.1 Å². The summed E-state index contributed by atoms with van der Waals surface area (Å²) in [6, 6.07) is 1.81. The summed E-state index contributed by atoms with van der Waals surface area (Å²) in [5, 5.41) is 23.5. The molecule has 8 heteroatoms. The molecular weight excluding hydrogens is 248 g/mol. The molecule has 0 unspecified atom stereocenters. The van der Waals surface area contributed by atoms with Gasteiger partial charge in [0, 0.05) is 11.8 Å². The summed E-state index contributed by atoms with van der Waals surface area (Å²) in [7, 11) is 0. The Morgan fingerprint density at radius 1 is 1.47 bits per heavy atom. The smallest absolute Gasteiger partial charge is 0.258 e. The predicted molar refractivity (Wildman–Crippen MR) is 64.2 cm³/mol. The Hall–Kier alpha value is -2.82. The lowest BCUT2D eigenvalue weighted by atomic mass is 10.1. The van der Waals surface area contributed by atoms with Gasteiger partial charge >= 0.3 is 0 Å². The molecule has 0 aliphatic rings. The fraction of sp³-hybridized carbons (Fsp3) is 0.273. The van der Waals surface area contributed by atoms with Gasteiger partial charge in [-0.2, -0.15) is 5.26 Å². The van der Waals surface area contributed by atoms with Crippen molar-refractivity contribution in [2.24, 2.45) is 0 Å². The fourth-order valence-corrected chi connectivity index (χ4v) is 1.78. The van der Waals surface area contributed by atoms with Crippen molar-refractivity contribution >= 4 is 5.69 Å². The molecule has 0 saturated heterocycles. The Morgan fingerprint density at radius 2 is 2.21 bits per heavy atom. The Kier molecular flexibility index (Phi) is 3.20. The maximum absolute atomic E-state index is 11.0. The van der Waals surface area contributed by atoms with Gasteiger partial charge in [0.25, 0.3) is 11.5 Å². The van der Waals surface area contributed by atoms with Crippen LogP contribution in [0.3, 0.4) is 0 Å². The lowest BCUT2D eigenvalue weighted by Crippen LogP contribution is -2.07. The van der Waals surface area contributed by atoms with E-state index >= 15 is 0 Å². The van der Waals surface area contributed by atoms with Crippen molar-refractivity contribution in [1.82, 2.24) is 19.7 Å². The van der Waals surface area contributed by atoms with E-state index in [9.17, 15) is 10.1 Å². The van der Waals surface area contributed by atoms with E-state index in [1.165, 1.54) is 17.2 Å². The van der Waals surface area contributed by atoms with E-state index < -0.39 is 4.92 Å². The predicted octanol–water partition coefficient (Wildman–Crippen LogP) is 1.12. The first-order chi connectivity index (χ1) is 9.02. The maximum atomic E-state index is 11.0. The molecule has 96 valence electrons. The second-order valence-corrected chi connectivity index (χ2v) is 4.00. The lowest BCUT2D eigenvalue weighted by Gasteiger charge is -2.07. The highest BCUT2D eigenvalue weighted by atomic mass is 16.6. The molecule has 0 atom stereocenters. The first-order valence-corrected chi connectivity index (χ1v) is 5.42. The number of nitriles is 1. The minimum absolute atomic E-state index is 0.0549. The average molecular weight is 258 g/mol. The number of pyridine rings is 1. The van der Waals surface area contributed by atoms with Crippen molar-refractivity contribution in [2.45, 2.75) is 20.4 Å². The highest BCUT2D eigenvalue weighted by Gasteiger charge is 2.19. The summed E-state index contributed by atoms with van der Waals surface area (Å²) in [5.41, 5.74) is 1.61. The van der Waals surface area contributed by atoms with Crippen LogP contribution >= 0.6 is 0 Å². The Labute approximate surface area is 108 Å². The zero-order chi connectivity index (χ0) is 14.0. The molecule has 0 amide bonds. The van der Waals surface area contributed by atoms with E-state index in [0.717, 1.165) is 0 Å². The van der Waals surface area contributed by atoms with E-state index in [0.29, 0.717) is 16.8 Å². The molecule has 0 aliphatic heterocycles.